The maximum Gasteiger partial charge on any atom is 0.132 e. The van der Waals surface area contributed by atoms with Crippen LogP contribution in [0.1, 0.15) is 0 Å². The molecule has 0 atom stereocenters. The van der Waals surface area contributed by atoms with E-state index in [2.05, 4.69) is 36.9 Å². The molecule has 2 N–H and O–H groups in total. The standard InChI is InChI=1S/C23H19ClFN7/c1-26-6-7-32-13-17(12-28-32)16-9-15-8-14(2-5-21(15)27-11-16)22-23(30-31-29-22)19-10-18(24)3-4-20(19)25/h2-5,8-13,26H,6-7H2,1H3,(H,29,30,31). The molecule has 0 fully saturated rings. The van der Waals surface area contributed by atoms with Crippen molar-refractivity contribution >= 4 is 22.5 Å². The molecule has 5 aromatic rings. The Morgan fingerprint density at radius 2 is 1.94 bits per heavy atom. The Hall–Kier alpha value is -3.62. The Balaban J connectivity index is 1.54. The average molecular weight is 448 g/mol. The summed E-state index contributed by atoms with van der Waals surface area (Å²) in [6.45, 7) is 1.63. The Labute approximate surface area is 188 Å². The van der Waals surface area contributed by atoms with Crippen LogP contribution in [-0.4, -0.2) is 43.8 Å². The molecule has 0 aliphatic heterocycles. The summed E-state index contributed by atoms with van der Waals surface area (Å²) in [6.07, 6.45) is 5.67. The summed E-state index contributed by atoms with van der Waals surface area (Å²) >= 11 is 6.08. The van der Waals surface area contributed by atoms with Crippen LogP contribution in [0.25, 0.3) is 44.5 Å². The van der Waals surface area contributed by atoms with E-state index in [0.717, 1.165) is 40.7 Å². The monoisotopic (exact) mass is 447 g/mol. The molecule has 9 heteroatoms. The SMILES string of the molecule is CNCCn1cc(-c2cnc3ccc(-c4nn[nH]c4-c4cc(Cl)ccc4F)cc3c2)cn1. The average Bonchev–Trinajstić information content (AvgIpc) is 3.48. The lowest BCUT2D eigenvalue weighted by Crippen LogP contribution is -2.14. The van der Waals surface area contributed by atoms with Crippen LogP contribution in [0, 0.1) is 5.82 Å². The first-order valence-electron chi connectivity index (χ1n) is 10.1. The molecule has 32 heavy (non-hydrogen) atoms. The van der Waals surface area contributed by atoms with Crippen molar-refractivity contribution < 1.29 is 4.39 Å². The number of aromatic amines is 1. The van der Waals surface area contributed by atoms with Crippen molar-refractivity contribution in [2.24, 2.45) is 0 Å². The minimum Gasteiger partial charge on any atom is -0.318 e. The molecule has 0 saturated heterocycles. The van der Waals surface area contributed by atoms with Gasteiger partial charge in [0.05, 0.1) is 24.0 Å². The fraction of sp³-hybridized carbons (Fsp3) is 0.130. The number of fused-ring (bicyclic) bond motifs is 1. The van der Waals surface area contributed by atoms with Gasteiger partial charge < -0.3 is 5.32 Å². The van der Waals surface area contributed by atoms with E-state index >= 15 is 0 Å². The molecule has 2 aromatic carbocycles. The molecule has 3 aromatic heterocycles. The van der Waals surface area contributed by atoms with Gasteiger partial charge in [-0.1, -0.05) is 22.9 Å². The molecular formula is C23H19ClFN7. The Bertz CT molecular complexity index is 1410. The lowest BCUT2D eigenvalue weighted by molar-refractivity contribution is 0.585. The van der Waals surface area contributed by atoms with Gasteiger partial charge in [0, 0.05) is 51.6 Å². The van der Waals surface area contributed by atoms with E-state index in [1.54, 1.807) is 6.07 Å². The molecule has 0 amide bonds. The number of hydrogen-bond donors (Lipinski definition) is 2. The van der Waals surface area contributed by atoms with E-state index in [9.17, 15) is 4.39 Å². The third kappa shape index (κ3) is 3.86. The first-order chi connectivity index (χ1) is 15.6. The number of benzene rings is 2. The summed E-state index contributed by atoms with van der Waals surface area (Å²) in [5.41, 5.74) is 4.93. The minimum atomic E-state index is -0.401. The van der Waals surface area contributed by atoms with Gasteiger partial charge in [-0.15, -0.1) is 5.10 Å². The van der Waals surface area contributed by atoms with Crippen LogP contribution in [0.4, 0.5) is 4.39 Å². The number of nitrogens with one attached hydrogen (secondary N) is 2. The predicted molar refractivity (Wildman–Crippen MR) is 123 cm³/mol. The van der Waals surface area contributed by atoms with Gasteiger partial charge in [0.15, 0.2) is 0 Å². The van der Waals surface area contributed by atoms with E-state index in [-0.39, 0.29) is 0 Å². The Morgan fingerprint density at radius 3 is 2.81 bits per heavy atom. The zero-order valence-electron chi connectivity index (χ0n) is 17.2. The number of hydrogen-bond acceptors (Lipinski definition) is 5. The van der Waals surface area contributed by atoms with E-state index in [4.69, 9.17) is 11.6 Å². The topological polar surface area (TPSA) is 84.3 Å². The van der Waals surface area contributed by atoms with Gasteiger partial charge in [-0.05, 0) is 43.4 Å². The van der Waals surface area contributed by atoms with Gasteiger partial charge in [0.1, 0.15) is 11.5 Å². The highest BCUT2D eigenvalue weighted by atomic mass is 35.5. The van der Waals surface area contributed by atoms with Crippen LogP contribution in [0.5, 0.6) is 0 Å². The number of aromatic nitrogens is 6. The van der Waals surface area contributed by atoms with Crippen LogP contribution in [-0.2, 0) is 6.54 Å². The van der Waals surface area contributed by atoms with Gasteiger partial charge in [-0.3, -0.25) is 14.8 Å². The number of pyridine rings is 1. The zero-order valence-corrected chi connectivity index (χ0v) is 17.9. The molecular weight excluding hydrogens is 429 g/mol. The lowest BCUT2D eigenvalue weighted by Gasteiger charge is -2.06. The first-order valence-corrected chi connectivity index (χ1v) is 10.4. The summed E-state index contributed by atoms with van der Waals surface area (Å²) in [6, 6.07) is 12.2. The molecule has 160 valence electrons. The Morgan fingerprint density at radius 1 is 1.06 bits per heavy atom. The van der Waals surface area contributed by atoms with Gasteiger partial charge in [0.2, 0.25) is 0 Å². The Kier molecular flexibility index (Phi) is 5.38. The second-order valence-electron chi connectivity index (χ2n) is 7.39. The quantitative estimate of drug-likeness (QED) is 0.398. The maximum absolute atomic E-state index is 14.4. The van der Waals surface area contributed by atoms with Crippen molar-refractivity contribution in [1.82, 2.24) is 35.5 Å². The second kappa shape index (κ2) is 8.49. The van der Waals surface area contributed by atoms with E-state index < -0.39 is 5.82 Å². The highest BCUT2D eigenvalue weighted by molar-refractivity contribution is 6.30. The molecule has 0 aliphatic rings. The minimum absolute atomic E-state index is 0.318. The third-order valence-electron chi connectivity index (χ3n) is 5.26. The van der Waals surface area contributed by atoms with Crippen molar-refractivity contribution in [2.45, 2.75) is 6.54 Å². The van der Waals surface area contributed by atoms with Crippen molar-refractivity contribution in [1.29, 1.82) is 0 Å². The molecule has 0 unspecified atom stereocenters. The van der Waals surface area contributed by atoms with Crippen LogP contribution >= 0.6 is 11.6 Å². The van der Waals surface area contributed by atoms with Gasteiger partial charge in [0.25, 0.3) is 0 Å². The molecule has 0 spiro atoms. The van der Waals surface area contributed by atoms with Crippen LogP contribution in [0.15, 0.2) is 61.1 Å². The third-order valence-corrected chi connectivity index (χ3v) is 5.49. The fourth-order valence-corrected chi connectivity index (χ4v) is 3.78. The molecule has 0 aliphatic carbocycles. The molecule has 7 nitrogen and oxygen atoms in total. The molecule has 0 bridgehead atoms. The van der Waals surface area contributed by atoms with Crippen LogP contribution < -0.4 is 5.32 Å². The second-order valence-corrected chi connectivity index (χ2v) is 7.82. The van der Waals surface area contributed by atoms with Crippen molar-refractivity contribution in [3.63, 3.8) is 0 Å². The molecule has 0 saturated carbocycles. The summed E-state index contributed by atoms with van der Waals surface area (Å²) in [4.78, 5) is 4.59. The molecule has 3 heterocycles. The lowest BCUT2D eigenvalue weighted by atomic mass is 10.0. The van der Waals surface area contributed by atoms with Crippen molar-refractivity contribution in [3.8, 4) is 33.6 Å². The molecule has 0 radical (unpaired) electrons. The normalized spacial score (nSPS) is 11.3. The smallest absolute Gasteiger partial charge is 0.132 e. The van der Waals surface area contributed by atoms with Crippen molar-refractivity contribution in [2.75, 3.05) is 13.6 Å². The summed E-state index contributed by atoms with van der Waals surface area (Å²) in [5.74, 6) is -0.401. The number of nitrogens with zero attached hydrogens (tertiary/aromatic N) is 5. The predicted octanol–water partition coefficient (Wildman–Crippen LogP) is 4.56. The zero-order chi connectivity index (χ0) is 22.1. The summed E-state index contributed by atoms with van der Waals surface area (Å²) in [5, 5.41) is 19.8. The van der Waals surface area contributed by atoms with Gasteiger partial charge >= 0.3 is 0 Å². The van der Waals surface area contributed by atoms with Crippen LogP contribution in [0.2, 0.25) is 5.02 Å². The van der Waals surface area contributed by atoms with Gasteiger partial charge in [-0.25, -0.2) is 4.39 Å². The number of likely N-dealkylation sites (N-methyl/N-ethyl adjacent to an activating group) is 1. The molecule has 5 rings (SSSR count). The number of rotatable bonds is 6. The highest BCUT2D eigenvalue weighted by Crippen LogP contribution is 2.33. The van der Waals surface area contributed by atoms with E-state index in [1.165, 1.54) is 12.1 Å². The summed E-state index contributed by atoms with van der Waals surface area (Å²) < 4.78 is 16.3. The highest BCUT2D eigenvalue weighted by Gasteiger charge is 2.16. The first kappa shape index (κ1) is 20.3. The van der Waals surface area contributed by atoms with E-state index in [0.29, 0.717) is 22.0 Å². The number of H-pyrrole nitrogens is 1. The number of halogens is 2. The van der Waals surface area contributed by atoms with Crippen molar-refractivity contribution in [3.05, 3.63) is 71.9 Å². The fourth-order valence-electron chi connectivity index (χ4n) is 3.60. The summed E-state index contributed by atoms with van der Waals surface area (Å²) in [7, 11) is 1.91. The van der Waals surface area contributed by atoms with Crippen LogP contribution in [0.3, 0.4) is 0 Å². The van der Waals surface area contributed by atoms with E-state index in [1.807, 2.05) is 48.5 Å². The largest absolute Gasteiger partial charge is 0.318 e. The maximum atomic E-state index is 14.4. The van der Waals surface area contributed by atoms with Gasteiger partial charge in [-0.2, -0.15) is 5.10 Å².